The first-order valence-electron chi connectivity index (χ1n) is 6.98. The Balaban J connectivity index is 1.88. The zero-order chi connectivity index (χ0) is 15.0. The second-order valence-corrected chi connectivity index (χ2v) is 5.43. The fraction of sp³-hybridized carbons (Fsp3) is 0.467. The maximum Gasteiger partial charge on any atom is 0.328 e. The second-order valence-electron chi connectivity index (χ2n) is 5.43. The molecule has 0 unspecified atom stereocenters. The molecule has 1 aliphatic carbocycles. The molecule has 1 fully saturated rings. The van der Waals surface area contributed by atoms with Gasteiger partial charge in [-0.2, -0.15) is 0 Å². The van der Waals surface area contributed by atoms with Crippen molar-refractivity contribution < 1.29 is 9.47 Å². The van der Waals surface area contributed by atoms with E-state index in [9.17, 15) is 9.59 Å². The number of aromatic nitrogens is 2. The summed E-state index contributed by atoms with van der Waals surface area (Å²) in [4.78, 5) is 25.7. The van der Waals surface area contributed by atoms with Crippen LogP contribution in [0.15, 0.2) is 40.1 Å². The van der Waals surface area contributed by atoms with Crippen molar-refractivity contribution >= 4 is 0 Å². The standard InChI is InChI=1S/C15H18N2O4/c1-3-4-20-14-12-6-11(5-10(12)8-21-14)17-7-9(2)13(18)16-15(17)19/h3,6-7,10-11,14H,1,4-5,8H2,2H3,(H,16,18,19)/t10-,11-,14-/m0/s1. The van der Waals surface area contributed by atoms with Gasteiger partial charge in [-0.05, 0) is 18.9 Å². The van der Waals surface area contributed by atoms with E-state index in [4.69, 9.17) is 9.47 Å². The highest BCUT2D eigenvalue weighted by Crippen LogP contribution is 2.40. The third kappa shape index (κ3) is 2.52. The molecule has 0 radical (unpaired) electrons. The lowest BCUT2D eigenvalue weighted by molar-refractivity contribution is -0.0847. The first-order valence-corrected chi connectivity index (χ1v) is 6.98. The SMILES string of the molecule is C=CCO[C@H]1OC[C@@H]2C[C@H](n3cc(C)c(=O)[nH]c3=O)C=C21. The first kappa shape index (κ1) is 14.0. The van der Waals surface area contributed by atoms with E-state index in [1.54, 1.807) is 23.8 Å². The van der Waals surface area contributed by atoms with Gasteiger partial charge in [0.05, 0.1) is 19.3 Å². The Bertz CT molecular complexity index is 700. The van der Waals surface area contributed by atoms with Gasteiger partial charge in [0.25, 0.3) is 5.56 Å². The lowest BCUT2D eigenvalue weighted by atomic mass is 10.0. The van der Waals surface area contributed by atoms with Crippen molar-refractivity contribution in [3.8, 4) is 0 Å². The summed E-state index contributed by atoms with van der Waals surface area (Å²) < 4.78 is 12.7. The second kappa shape index (κ2) is 5.46. The van der Waals surface area contributed by atoms with Crippen molar-refractivity contribution in [1.29, 1.82) is 0 Å². The molecule has 2 aliphatic rings. The maximum absolute atomic E-state index is 12.0. The van der Waals surface area contributed by atoms with E-state index in [-0.39, 0.29) is 29.5 Å². The van der Waals surface area contributed by atoms with E-state index in [1.165, 1.54) is 0 Å². The fourth-order valence-electron chi connectivity index (χ4n) is 2.92. The molecule has 6 heteroatoms. The summed E-state index contributed by atoms with van der Waals surface area (Å²) in [5.41, 5.74) is 0.896. The van der Waals surface area contributed by atoms with E-state index < -0.39 is 0 Å². The van der Waals surface area contributed by atoms with Crippen LogP contribution in [0.3, 0.4) is 0 Å². The zero-order valence-corrected chi connectivity index (χ0v) is 11.9. The summed E-state index contributed by atoms with van der Waals surface area (Å²) in [5.74, 6) is 0.268. The normalized spacial score (nSPS) is 27.5. The van der Waals surface area contributed by atoms with Crippen LogP contribution in [0.2, 0.25) is 0 Å². The van der Waals surface area contributed by atoms with Gasteiger partial charge < -0.3 is 9.47 Å². The van der Waals surface area contributed by atoms with Crippen LogP contribution >= 0.6 is 0 Å². The number of ether oxygens (including phenoxy) is 2. The number of hydrogen-bond acceptors (Lipinski definition) is 4. The Hall–Kier alpha value is -1.92. The Morgan fingerprint density at radius 1 is 1.57 bits per heavy atom. The smallest absolute Gasteiger partial charge is 0.328 e. The average molecular weight is 290 g/mol. The van der Waals surface area contributed by atoms with Crippen LogP contribution in [0.5, 0.6) is 0 Å². The highest BCUT2D eigenvalue weighted by Gasteiger charge is 2.38. The Labute approximate surface area is 121 Å². The number of fused-ring (bicyclic) bond motifs is 1. The van der Waals surface area contributed by atoms with Crippen molar-refractivity contribution in [2.45, 2.75) is 25.7 Å². The molecule has 3 atom stereocenters. The number of hydrogen-bond donors (Lipinski definition) is 1. The van der Waals surface area contributed by atoms with Gasteiger partial charge in [0.2, 0.25) is 0 Å². The quantitative estimate of drug-likeness (QED) is 0.836. The minimum atomic E-state index is -0.378. The monoisotopic (exact) mass is 290 g/mol. The topological polar surface area (TPSA) is 73.3 Å². The minimum Gasteiger partial charge on any atom is -0.348 e. The predicted octanol–water partition coefficient (Wildman–Crippen LogP) is 0.891. The van der Waals surface area contributed by atoms with E-state index in [2.05, 4.69) is 11.6 Å². The lowest BCUT2D eigenvalue weighted by Gasteiger charge is -2.14. The van der Waals surface area contributed by atoms with Crippen molar-refractivity contribution in [3.05, 3.63) is 56.9 Å². The van der Waals surface area contributed by atoms with Gasteiger partial charge in [-0.15, -0.1) is 6.58 Å². The van der Waals surface area contributed by atoms with E-state index >= 15 is 0 Å². The summed E-state index contributed by atoms with van der Waals surface area (Å²) in [7, 11) is 0. The molecule has 1 aromatic rings. The predicted molar refractivity (Wildman–Crippen MR) is 77.2 cm³/mol. The van der Waals surface area contributed by atoms with Gasteiger partial charge in [-0.1, -0.05) is 12.2 Å². The number of aromatic amines is 1. The molecular formula is C15H18N2O4. The van der Waals surface area contributed by atoms with Crippen LogP contribution < -0.4 is 11.2 Å². The minimum absolute atomic E-state index is 0.0632. The molecule has 3 rings (SSSR count). The molecule has 1 aliphatic heterocycles. The summed E-state index contributed by atoms with van der Waals surface area (Å²) in [6.07, 6.45) is 5.75. The molecule has 21 heavy (non-hydrogen) atoms. The van der Waals surface area contributed by atoms with Gasteiger partial charge in [0, 0.05) is 17.7 Å². The van der Waals surface area contributed by atoms with Crippen LogP contribution in [-0.2, 0) is 9.47 Å². The third-order valence-corrected chi connectivity index (χ3v) is 3.97. The Kier molecular flexibility index (Phi) is 3.65. The van der Waals surface area contributed by atoms with E-state index in [1.807, 2.05) is 6.08 Å². The van der Waals surface area contributed by atoms with Gasteiger partial charge in [0.1, 0.15) is 0 Å². The van der Waals surface area contributed by atoms with Gasteiger partial charge >= 0.3 is 5.69 Å². The molecular weight excluding hydrogens is 272 g/mol. The van der Waals surface area contributed by atoms with E-state index in [0.717, 1.165) is 12.0 Å². The summed E-state index contributed by atoms with van der Waals surface area (Å²) in [6, 6.07) is -0.0632. The van der Waals surface area contributed by atoms with Crippen LogP contribution in [0, 0.1) is 12.8 Å². The maximum atomic E-state index is 12.0. The molecule has 0 bridgehead atoms. The van der Waals surface area contributed by atoms with Crippen molar-refractivity contribution in [2.24, 2.45) is 5.92 Å². The molecule has 6 nitrogen and oxygen atoms in total. The third-order valence-electron chi connectivity index (χ3n) is 3.97. The van der Waals surface area contributed by atoms with Crippen LogP contribution in [-0.4, -0.2) is 29.1 Å². The van der Waals surface area contributed by atoms with Crippen LogP contribution in [0.4, 0.5) is 0 Å². The molecule has 1 aromatic heterocycles. The highest BCUT2D eigenvalue weighted by atomic mass is 16.7. The van der Waals surface area contributed by atoms with Gasteiger partial charge in [-0.3, -0.25) is 14.3 Å². The largest absolute Gasteiger partial charge is 0.348 e. The summed E-state index contributed by atoms with van der Waals surface area (Å²) in [5, 5.41) is 0. The molecule has 1 saturated heterocycles. The zero-order valence-electron chi connectivity index (χ0n) is 11.9. The number of rotatable bonds is 4. The molecule has 0 spiro atoms. The number of nitrogens with zero attached hydrogens (tertiary/aromatic N) is 1. The van der Waals surface area contributed by atoms with Gasteiger partial charge in [-0.25, -0.2) is 4.79 Å². The molecule has 0 aromatic carbocycles. The molecule has 0 amide bonds. The Morgan fingerprint density at radius 2 is 2.38 bits per heavy atom. The summed E-state index contributed by atoms with van der Waals surface area (Å²) >= 11 is 0. The summed E-state index contributed by atoms with van der Waals surface area (Å²) in [6.45, 7) is 6.34. The molecule has 1 N–H and O–H groups in total. The van der Waals surface area contributed by atoms with Crippen molar-refractivity contribution in [3.63, 3.8) is 0 Å². The lowest BCUT2D eigenvalue weighted by Crippen LogP contribution is -2.32. The van der Waals surface area contributed by atoms with E-state index in [0.29, 0.717) is 18.8 Å². The number of aryl methyl sites for hydroxylation is 1. The number of H-pyrrole nitrogens is 1. The fourth-order valence-corrected chi connectivity index (χ4v) is 2.92. The Morgan fingerprint density at radius 3 is 3.14 bits per heavy atom. The molecule has 0 saturated carbocycles. The van der Waals surface area contributed by atoms with Crippen molar-refractivity contribution in [1.82, 2.24) is 9.55 Å². The molecule has 112 valence electrons. The first-order chi connectivity index (χ1) is 10.1. The van der Waals surface area contributed by atoms with Crippen molar-refractivity contribution in [2.75, 3.05) is 13.2 Å². The average Bonchev–Trinajstić information content (AvgIpc) is 3.01. The van der Waals surface area contributed by atoms with Crippen LogP contribution in [0.25, 0.3) is 0 Å². The highest BCUT2D eigenvalue weighted by molar-refractivity contribution is 5.23. The van der Waals surface area contributed by atoms with Gasteiger partial charge in [0.15, 0.2) is 6.29 Å². The molecule has 2 heterocycles. The van der Waals surface area contributed by atoms with Crippen LogP contribution in [0.1, 0.15) is 18.0 Å². The number of nitrogens with one attached hydrogen (secondary N) is 1. The number of allylic oxidation sites excluding steroid dienone is 1.